The van der Waals surface area contributed by atoms with Crippen molar-refractivity contribution in [2.75, 3.05) is 32.8 Å². The van der Waals surface area contributed by atoms with Gasteiger partial charge in [-0.25, -0.2) is 0 Å². The van der Waals surface area contributed by atoms with Gasteiger partial charge in [0.1, 0.15) is 5.76 Å². The van der Waals surface area contributed by atoms with Crippen molar-refractivity contribution in [3.8, 4) is 0 Å². The van der Waals surface area contributed by atoms with Crippen molar-refractivity contribution in [1.82, 2.24) is 15.8 Å². The first-order valence-electron chi connectivity index (χ1n) is 9.11. The van der Waals surface area contributed by atoms with Crippen LogP contribution in [0.15, 0.2) is 10.6 Å². The molecule has 134 valence electrons. The summed E-state index contributed by atoms with van der Waals surface area (Å²) in [4.78, 5) is 12.9. The van der Waals surface area contributed by atoms with Crippen LogP contribution in [-0.2, 0) is 16.0 Å². The number of nitrogens with zero attached hydrogens (tertiary/aromatic N) is 1. The summed E-state index contributed by atoms with van der Waals surface area (Å²) < 4.78 is 11.0. The Morgan fingerprint density at radius 3 is 3.08 bits per heavy atom. The molecule has 0 radical (unpaired) electrons. The minimum absolute atomic E-state index is 0.130. The third-order valence-corrected chi connectivity index (χ3v) is 5.06. The molecule has 2 fully saturated rings. The number of nitrogens with one attached hydrogen (secondary N) is 2. The Kier molecular flexibility index (Phi) is 5.56. The standard InChI is InChI=1S/C18H29N3O3/c1-13(2)10-20-17(22)18(5-3-6-19-12-18)9-15-8-16(21-24-15)14-4-7-23-11-14/h8,13-14,19H,3-7,9-12H2,1-2H3,(H,20,22)/t14-,18-/m1/s1. The Bertz CT molecular complexity index is 543. The summed E-state index contributed by atoms with van der Waals surface area (Å²) in [6.45, 7) is 8.10. The molecule has 6 nitrogen and oxygen atoms in total. The highest BCUT2D eigenvalue weighted by Gasteiger charge is 2.41. The third kappa shape index (κ3) is 3.98. The van der Waals surface area contributed by atoms with Crippen LogP contribution in [0.1, 0.15) is 50.5 Å². The van der Waals surface area contributed by atoms with Crippen molar-refractivity contribution in [3.63, 3.8) is 0 Å². The minimum atomic E-state index is -0.434. The average Bonchev–Trinajstić information content (AvgIpc) is 3.24. The summed E-state index contributed by atoms with van der Waals surface area (Å²) in [5.74, 6) is 1.71. The molecule has 0 unspecified atom stereocenters. The maximum absolute atomic E-state index is 12.9. The summed E-state index contributed by atoms with van der Waals surface area (Å²) in [6.07, 6.45) is 3.48. The largest absolute Gasteiger partial charge is 0.381 e. The lowest BCUT2D eigenvalue weighted by Gasteiger charge is -2.35. The Morgan fingerprint density at radius 1 is 1.54 bits per heavy atom. The van der Waals surface area contributed by atoms with Gasteiger partial charge in [0.05, 0.1) is 17.7 Å². The summed E-state index contributed by atoms with van der Waals surface area (Å²) in [5, 5.41) is 10.7. The van der Waals surface area contributed by atoms with Crippen LogP contribution in [0, 0.1) is 11.3 Å². The fourth-order valence-electron chi connectivity index (χ4n) is 3.58. The van der Waals surface area contributed by atoms with Gasteiger partial charge < -0.3 is 19.9 Å². The van der Waals surface area contributed by atoms with Crippen LogP contribution in [0.2, 0.25) is 0 Å². The Labute approximate surface area is 143 Å². The lowest BCUT2D eigenvalue weighted by molar-refractivity contribution is -0.132. The van der Waals surface area contributed by atoms with E-state index in [-0.39, 0.29) is 5.91 Å². The van der Waals surface area contributed by atoms with E-state index in [1.807, 2.05) is 6.07 Å². The van der Waals surface area contributed by atoms with Crippen LogP contribution >= 0.6 is 0 Å². The van der Waals surface area contributed by atoms with Crippen molar-refractivity contribution < 1.29 is 14.1 Å². The molecule has 6 heteroatoms. The monoisotopic (exact) mass is 335 g/mol. The molecule has 1 aromatic heterocycles. The number of hydrogen-bond acceptors (Lipinski definition) is 5. The van der Waals surface area contributed by atoms with Crippen molar-refractivity contribution in [3.05, 3.63) is 17.5 Å². The second-order valence-corrected chi connectivity index (χ2v) is 7.62. The smallest absolute Gasteiger partial charge is 0.227 e. The van der Waals surface area contributed by atoms with Crippen LogP contribution in [0.25, 0.3) is 0 Å². The highest BCUT2D eigenvalue weighted by Crippen LogP contribution is 2.33. The number of ether oxygens (including phenoxy) is 1. The number of carbonyl (C=O) groups is 1. The first kappa shape index (κ1) is 17.4. The van der Waals surface area contributed by atoms with Crippen LogP contribution < -0.4 is 10.6 Å². The zero-order valence-corrected chi connectivity index (χ0v) is 14.8. The second kappa shape index (κ2) is 7.66. The highest BCUT2D eigenvalue weighted by atomic mass is 16.5. The molecule has 3 heterocycles. The molecule has 2 saturated heterocycles. The van der Waals surface area contributed by atoms with Gasteiger partial charge in [0, 0.05) is 38.1 Å². The number of hydrogen-bond donors (Lipinski definition) is 2. The van der Waals surface area contributed by atoms with E-state index in [9.17, 15) is 4.79 Å². The predicted octanol–water partition coefficient (Wildman–Crippen LogP) is 1.86. The van der Waals surface area contributed by atoms with Crippen molar-refractivity contribution in [1.29, 1.82) is 0 Å². The van der Waals surface area contributed by atoms with E-state index >= 15 is 0 Å². The van der Waals surface area contributed by atoms with E-state index in [4.69, 9.17) is 9.26 Å². The van der Waals surface area contributed by atoms with Crippen molar-refractivity contribution in [2.24, 2.45) is 11.3 Å². The second-order valence-electron chi connectivity index (χ2n) is 7.62. The number of piperidine rings is 1. The Balaban J connectivity index is 1.70. The molecule has 0 aliphatic carbocycles. The fraction of sp³-hybridized carbons (Fsp3) is 0.778. The van der Waals surface area contributed by atoms with Gasteiger partial charge in [-0.3, -0.25) is 4.79 Å². The van der Waals surface area contributed by atoms with E-state index < -0.39 is 5.41 Å². The molecule has 0 saturated carbocycles. The maximum Gasteiger partial charge on any atom is 0.227 e. The molecule has 24 heavy (non-hydrogen) atoms. The Morgan fingerprint density at radius 2 is 2.42 bits per heavy atom. The van der Waals surface area contributed by atoms with E-state index in [1.54, 1.807) is 0 Å². The van der Waals surface area contributed by atoms with E-state index in [0.717, 1.165) is 43.9 Å². The zero-order valence-electron chi connectivity index (χ0n) is 14.8. The van der Waals surface area contributed by atoms with E-state index in [2.05, 4.69) is 29.6 Å². The van der Waals surface area contributed by atoms with Gasteiger partial charge >= 0.3 is 0 Å². The Hall–Kier alpha value is -1.40. The highest BCUT2D eigenvalue weighted by molar-refractivity contribution is 5.83. The molecule has 2 aliphatic heterocycles. The van der Waals surface area contributed by atoms with E-state index in [0.29, 0.717) is 38.0 Å². The first-order chi connectivity index (χ1) is 11.6. The molecule has 1 aromatic rings. The molecule has 3 rings (SSSR count). The van der Waals surface area contributed by atoms with Gasteiger partial charge in [0.25, 0.3) is 0 Å². The number of amides is 1. The van der Waals surface area contributed by atoms with Gasteiger partial charge in [-0.15, -0.1) is 0 Å². The quantitative estimate of drug-likeness (QED) is 0.830. The van der Waals surface area contributed by atoms with Gasteiger partial charge in [0.15, 0.2) is 0 Å². The third-order valence-electron chi connectivity index (χ3n) is 5.06. The number of rotatable bonds is 6. The molecule has 0 spiro atoms. The molecule has 0 aromatic carbocycles. The SMILES string of the molecule is CC(C)CNC(=O)[C@@]1(Cc2cc([C@@H]3CCOC3)no2)CCCNC1. The van der Waals surface area contributed by atoms with Crippen LogP contribution in [-0.4, -0.2) is 43.9 Å². The lowest BCUT2D eigenvalue weighted by Crippen LogP contribution is -2.52. The normalized spacial score (nSPS) is 27.5. The molecular formula is C18H29N3O3. The summed E-state index contributed by atoms with van der Waals surface area (Å²) in [7, 11) is 0. The van der Waals surface area contributed by atoms with Crippen LogP contribution in [0.5, 0.6) is 0 Å². The predicted molar refractivity (Wildman–Crippen MR) is 90.8 cm³/mol. The molecule has 2 N–H and O–H groups in total. The van der Waals surface area contributed by atoms with Gasteiger partial charge in [-0.05, 0) is 31.7 Å². The first-order valence-corrected chi connectivity index (χ1v) is 9.11. The summed E-state index contributed by atoms with van der Waals surface area (Å²) in [5.41, 5.74) is 0.528. The van der Waals surface area contributed by atoms with Crippen LogP contribution in [0.3, 0.4) is 0 Å². The minimum Gasteiger partial charge on any atom is -0.381 e. The molecule has 0 bridgehead atoms. The number of aromatic nitrogens is 1. The van der Waals surface area contributed by atoms with Gasteiger partial charge in [0.2, 0.25) is 5.91 Å². The maximum atomic E-state index is 12.9. The van der Waals surface area contributed by atoms with E-state index in [1.165, 1.54) is 0 Å². The van der Waals surface area contributed by atoms with Crippen molar-refractivity contribution in [2.45, 2.75) is 45.4 Å². The molecule has 1 amide bonds. The summed E-state index contributed by atoms with van der Waals surface area (Å²) >= 11 is 0. The van der Waals surface area contributed by atoms with Crippen molar-refractivity contribution >= 4 is 5.91 Å². The molecular weight excluding hydrogens is 306 g/mol. The van der Waals surface area contributed by atoms with Crippen LogP contribution in [0.4, 0.5) is 0 Å². The number of carbonyl (C=O) groups excluding carboxylic acids is 1. The van der Waals surface area contributed by atoms with Gasteiger partial charge in [-0.1, -0.05) is 19.0 Å². The molecule has 2 atom stereocenters. The fourth-order valence-corrected chi connectivity index (χ4v) is 3.58. The summed E-state index contributed by atoms with van der Waals surface area (Å²) in [6, 6.07) is 2.02. The van der Waals surface area contributed by atoms with Gasteiger partial charge in [-0.2, -0.15) is 0 Å². The average molecular weight is 335 g/mol. The topological polar surface area (TPSA) is 76.4 Å². The molecule has 2 aliphatic rings. The zero-order chi connectivity index (χ0) is 17.0. The lowest BCUT2D eigenvalue weighted by atomic mass is 9.76.